The largest absolute Gasteiger partial charge is 0.356 e. The van der Waals surface area contributed by atoms with Crippen LogP contribution >= 0.6 is 0 Å². The number of imide groups is 1. The zero-order valence-electron chi connectivity index (χ0n) is 17.9. The first-order chi connectivity index (χ1) is 13.6. The van der Waals surface area contributed by atoms with Gasteiger partial charge in [0.05, 0.1) is 17.7 Å². The van der Waals surface area contributed by atoms with E-state index in [2.05, 4.69) is 15.6 Å². The van der Waals surface area contributed by atoms with Gasteiger partial charge in [-0.1, -0.05) is 12.1 Å². The average Bonchev–Trinajstić information content (AvgIpc) is 2.88. The first kappa shape index (κ1) is 22.4. The number of likely N-dealkylation sites (N-methyl/N-ethyl adjacent to an activating group) is 1. The van der Waals surface area contributed by atoms with Crippen molar-refractivity contribution in [3.05, 3.63) is 35.4 Å². The number of fused-ring (bicyclic) bond motifs is 1. The van der Waals surface area contributed by atoms with Crippen molar-refractivity contribution in [2.75, 3.05) is 33.7 Å². The van der Waals surface area contributed by atoms with Crippen LogP contribution in [-0.4, -0.2) is 72.7 Å². The van der Waals surface area contributed by atoms with Crippen molar-refractivity contribution in [2.24, 2.45) is 4.99 Å². The predicted octanol–water partition coefficient (Wildman–Crippen LogP) is 1.48. The second-order valence-corrected chi connectivity index (χ2v) is 8.14. The number of nitrogens with one attached hydrogen (secondary N) is 2. The number of guanidine groups is 1. The van der Waals surface area contributed by atoms with E-state index in [-0.39, 0.29) is 29.8 Å². The fourth-order valence-electron chi connectivity index (χ4n) is 3.17. The lowest BCUT2D eigenvalue weighted by atomic mass is 10.1. The molecule has 0 spiro atoms. The third-order valence-corrected chi connectivity index (χ3v) is 4.44. The highest BCUT2D eigenvalue weighted by Crippen LogP contribution is 2.22. The number of nitrogens with zero attached hydrogens (tertiary/aromatic N) is 3. The van der Waals surface area contributed by atoms with Crippen LogP contribution in [0.3, 0.4) is 0 Å². The Balaban J connectivity index is 1.73. The number of hydrogen-bond donors (Lipinski definition) is 2. The van der Waals surface area contributed by atoms with Crippen molar-refractivity contribution in [1.82, 2.24) is 20.4 Å². The van der Waals surface area contributed by atoms with E-state index >= 15 is 0 Å². The second-order valence-electron chi connectivity index (χ2n) is 8.14. The van der Waals surface area contributed by atoms with Crippen LogP contribution in [-0.2, 0) is 4.79 Å². The number of carbonyl (C=O) groups excluding carboxylic acids is 3. The van der Waals surface area contributed by atoms with E-state index in [1.54, 1.807) is 43.3 Å². The van der Waals surface area contributed by atoms with Crippen LogP contribution in [0.1, 0.15) is 54.3 Å². The smallest absolute Gasteiger partial charge is 0.261 e. The summed E-state index contributed by atoms with van der Waals surface area (Å²) in [5.41, 5.74) is 0.677. The molecule has 1 heterocycles. The Hall–Kier alpha value is -2.90. The number of benzene rings is 1. The maximum Gasteiger partial charge on any atom is 0.261 e. The minimum absolute atomic E-state index is 0.0754. The van der Waals surface area contributed by atoms with Crippen LogP contribution in [0.5, 0.6) is 0 Å². The van der Waals surface area contributed by atoms with E-state index in [0.29, 0.717) is 36.6 Å². The number of aliphatic imine (C=N–C) groups is 1. The standard InChI is InChI=1S/C21H31N5O3/c1-21(2,3)24-17(27)14-25(5)20(22-4)23-12-8-9-13-26-18(28)15-10-6-7-11-16(15)19(26)29/h6-7,10-11H,8-9,12-14H2,1-5H3,(H,22,23)(H,24,27). The van der Waals surface area contributed by atoms with E-state index in [9.17, 15) is 14.4 Å². The zero-order chi connectivity index (χ0) is 21.6. The summed E-state index contributed by atoms with van der Waals surface area (Å²) in [6, 6.07) is 6.90. The van der Waals surface area contributed by atoms with Crippen LogP contribution in [0, 0.1) is 0 Å². The molecule has 0 bridgehead atoms. The monoisotopic (exact) mass is 401 g/mol. The first-order valence-corrected chi connectivity index (χ1v) is 9.82. The number of hydrogen-bond acceptors (Lipinski definition) is 4. The van der Waals surface area contributed by atoms with Gasteiger partial charge >= 0.3 is 0 Å². The summed E-state index contributed by atoms with van der Waals surface area (Å²) in [6.45, 7) is 7.02. The third-order valence-electron chi connectivity index (χ3n) is 4.44. The summed E-state index contributed by atoms with van der Waals surface area (Å²) >= 11 is 0. The van der Waals surface area contributed by atoms with Crippen LogP contribution in [0.4, 0.5) is 0 Å². The minimum atomic E-state index is -0.279. The Labute approximate surface area is 172 Å². The summed E-state index contributed by atoms with van der Waals surface area (Å²) in [5, 5.41) is 6.13. The molecule has 0 saturated carbocycles. The van der Waals surface area contributed by atoms with Gasteiger partial charge in [-0.25, -0.2) is 0 Å². The molecule has 0 aromatic heterocycles. The molecule has 0 radical (unpaired) electrons. The molecule has 158 valence electrons. The Morgan fingerprint density at radius 1 is 1.10 bits per heavy atom. The van der Waals surface area contributed by atoms with Gasteiger partial charge in [0.2, 0.25) is 5.91 Å². The molecule has 2 rings (SSSR count). The average molecular weight is 402 g/mol. The normalized spacial score (nSPS) is 14.1. The molecule has 3 amide bonds. The van der Waals surface area contributed by atoms with Crippen LogP contribution in [0.2, 0.25) is 0 Å². The molecule has 8 heteroatoms. The fraction of sp³-hybridized carbons (Fsp3) is 0.524. The Morgan fingerprint density at radius 3 is 2.21 bits per heavy atom. The minimum Gasteiger partial charge on any atom is -0.356 e. The maximum absolute atomic E-state index is 12.3. The van der Waals surface area contributed by atoms with Gasteiger partial charge in [-0.05, 0) is 45.7 Å². The summed E-state index contributed by atoms with van der Waals surface area (Å²) in [4.78, 5) is 44.0. The molecule has 8 nitrogen and oxygen atoms in total. The van der Waals surface area contributed by atoms with Gasteiger partial charge in [-0.2, -0.15) is 0 Å². The predicted molar refractivity (Wildman–Crippen MR) is 113 cm³/mol. The number of rotatable bonds is 7. The molecule has 0 saturated heterocycles. The van der Waals surface area contributed by atoms with Gasteiger partial charge in [-0.15, -0.1) is 0 Å². The van der Waals surface area contributed by atoms with Gasteiger partial charge in [0, 0.05) is 32.7 Å². The lowest BCUT2D eigenvalue weighted by molar-refractivity contribution is -0.122. The summed E-state index contributed by atoms with van der Waals surface area (Å²) in [5.74, 6) is 0.0984. The van der Waals surface area contributed by atoms with Gasteiger partial charge < -0.3 is 15.5 Å². The number of unbranched alkanes of at least 4 members (excludes halogenated alkanes) is 1. The number of carbonyl (C=O) groups is 3. The molecule has 0 unspecified atom stereocenters. The van der Waals surface area contributed by atoms with E-state index in [1.165, 1.54) is 4.90 Å². The second kappa shape index (κ2) is 9.54. The lowest BCUT2D eigenvalue weighted by Gasteiger charge is -2.25. The van der Waals surface area contributed by atoms with E-state index in [4.69, 9.17) is 0 Å². The lowest BCUT2D eigenvalue weighted by Crippen LogP contribution is -2.48. The van der Waals surface area contributed by atoms with Gasteiger partial charge in [0.1, 0.15) is 0 Å². The Kier molecular flexibility index (Phi) is 7.36. The quantitative estimate of drug-likeness (QED) is 0.312. The van der Waals surface area contributed by atoms with E-state index in [0.717, 1.165) is 6.42 Å². The van der Waals surface area contributed by atoms with Crippen molar-refractivity contribution in [3.63, 3.8) is 0 Å². The third kappa shape index (κ3) is 6.04. The highest BCUT2D eigenvalue weighted by atomic mass is 16.2. The molecular formula is C21H31N5O3. The van der Waals surface area contributed by atoms with Crippen LogP contribution in [0.15, 0.2) is 29.3 Å². The molecule has 1 aliphatic heterocycles. The van der Waals surface area contributed by atoms with Crippen LogP contribution in [0.25, 0.3) is 0 Å². The topological polar surface area (TPSA) is 94.1 Å². The van der Waals surface area contributed by atoms with Crippen LogP contribution < -0.4 is 10.6 Å². The first-order valence-electron chi connectivity index (χ1n) is 9.82. The molecule has 1 aliphatic rings. The highest BCUT2D eigenvalue weighted by molar-refractivity contribution is 6.21. The van der Waals surface area contributed by atoms with Gasteiger partial charge in [0.15, 0.2) is 5.96 Å². The Bertz CT molecular complexity index is 763. The van der Waals surface area contributed by atoms with Crippen molar-refractivity contribution in [3.8, 4) is 0 Å². The highest BCUT2D eigenvalue weighted by Gasteiger charge is 2.34. The molecule has 0 aliphatic carbocycles. The van der Waals surface area contributed by atoms with Crippen molar-refractivity contribution in [1.29, 1.82) is 0 Å². The summed E-state index contributed by atoms with van der Waals surface area (Å²) in [6.07, 6.45) is 1.44. The fourth-order valence-corrected chi connectivity index (χ4v) is 3.17. The number of amides is 3. The zero-order valence-corrected chi connectivity index (χ0v) is 17.9. The molecular weight excluding hydrogens is 370 g/mol. The summed E-state index contributed by atoms with van der Waals surface area (Å²) in [7, 11) is 3.47. The molecule has 1 aromatic rings. The maximum atomic E-state index is 12.3. The molecule has 1 aromatic carbocycles. The van der Waals surface area contributed by atoms with Crippen molar-refractivity contribution >= 4 is 23.7 Å². The van der Waals surface area contributed by atoms with Gasteiger partial charge in [0.25, 0.3) is 11.8 Å². The summed E-state index contributed by atoms with van der Waals surface area (Å²) < 4.78 is 0. The van der Waals surface area contributed by atoms with E-state index < -0.39 is 0 Å². The SMILES string of the molecule is CN=C(NCCCCN1C(=O)c2ccccc2C1=O)N(C)CC(=O)NC(C)(C)C. The molecule has 29 heavy (non-hydrogen) atoms. The van der Waals surface area contributed by atoms with Crippen molar-refractivity contribution in [2.45, 2.75) is 39.2 Å². The Morgan fingerprint density at radius 2 is 1.69 bits per heavy atom. The molecule has 0 atom stereocenters. The molecule has 2 N–H and O–H groups in total. The van der Waals surface area contributed by atoms with Crippen molar-refractivity contribution < 1.29 is 14.4 Å². The van der Waals surface area contributed by atoms with E-state index in [1.807, 2.05) is 20.8 Å². The van der Waals surface area contributed by atoms with Gasteiger partial charge in [-0.3, -0.25) is 24.3 Å². The molecule has 0 fully saturated rings.